The largest absolute Gasteiger partial charge is 0.452 e. The first kappa shape index (κ1) is 21.1. The SMILES string of the molecule is O=C(OCC(=O)N1CCOCC1)c1ccccc1Nc1ccc(SC(F)F)cc1. The monoisotopic (exact) mass is 422 g/mol. The summed E-state index contributed by atoms with van der Waals surface area (Å²) in [6.45, 7) is 1.57. The quantitative estimate of drug-likeness (QED) is 0.541. The van der Waals surface area contributed by atoms with E-state index in [1.165, 1.54) is 0 Å². The molecule has 1 saturated heterocycles. The van der Waals surface area contributed by atoms with Crippen LogP contribution in [0.25, 0.3) is 0 Å². The number of hydrogen-bond donors (Lipinski definition) is 1. The fraction of sp³-hybridized carbons (Fsp3) is 0.300. The van der Waals surface area contributed by atoms with Crippen molar-refractivity contribution in [3.05, 3.63) is 54.1 Å². The fourth-order valence-corrected chi connectivity index (χ4v) is 3.25. The molecule has 0 unspecified atom stereocenters. The zero-order chi connectivity index (χ0) is 20.6. The van der Waals surface area contributed by atoms with Crippen molar-refractivity contribution in [3.63, 3.8) is 0 Å². The van der Waals surface area contributed by atoms with E-state index in [0.717, 1.165) is 0 Å². The van der Waals surface area contributed by atoms with Gasteiger partial charge in [-0.1, -0.05) is 23.9 Å². The Morgan fingerprint density at radius 2 is 1.79 bits per heavy atom. The molecule has 3 rings (SSSR count). The lowest BCUT2D eigenvalue weighted by Gasteiger charge is -2.26. The summed E-state index contributed by atoms with van der Waals surface area (Å²) in [6.07, 6.45) is 0. The molecule has 0 aliphatic carbocycles. The van der Waals surface area contributed by atoms with Crippen molar-refractivity contribution < 1.29 is 27.8 Å². The van der Waals surface area contributed by atoms with E-state index in [9.17, 15) is 18.4 Å². The number of rotatable bonds is 7. The number of morpholine rings is 1. The third-order valence-corrected chi connectivity index (χ3v) is 4.92. The van der Waals surface area contributed by atoms with E-state index < -0.39 is 11.7 Å². The number of para-hydroxylation sites is 1. The molecule has 1 N–H and O–H groups in total. The van der Waals surface area contributed by atoms with Gasteiger partial charge in [-0.3, -0.25) is 4.79 Å². The number of ether oxygens (including phenoxy) is 2. The van der Waals surface area contributed by atoms with Gasteiger partial charge in [0.15, 0.2) is 6.61 Å². The van der Waals surface area contributed by atoms with Crippen LogP contribution in [-0.2, 0) is 14.3 Å². The maximum atomic E-state index is 12.5. The Morgan fingerprint density at radius 3 is 2.48 bits per heavy atom. The summed E-state index contributed by atoms with van der Waals surface area (Å²) >= 11 is 0.463. The highest BCUT2D eigenvalue weighted by molar-refractivity contribution is 7.99. The molecule has 0 aromatic heterocycles. The number of esters is 1. The van der Waals surface area contributed by atoms with E-state index in [1.54, 1.807) is 53.4 Å². The van der Waals surface area contributed by atoms with Gasteiger partial charge in [-0.2, -0.15) is 8.78 Å². The van der Waals surface area contributed by atoms with Crippen LogP contribution in [0.1, 0.15) is 10.4 Å². The third kappa shape index (κ3) is 6.16. The van der Waals surface area contributed by atoms with Crippen molar-refractivity contribution in [1.29, 1.82) is 0 Å². The fourth-order valence-electron chi connectivity index (χ4n) is 2.75. The molecule has 6 nitrogen and oxygen atoms in total. The summed E-state index contributed by atoms with van der Waals surface area (Å²) in [6, 6.07) is 13.2. The molecule has 154 valence electrons. The molecular weight excluding hydrogens is 402 g/mol. The van der Waals surface area contributed by atoms with Crippen molar-refractivity contribution >= 4 is 35.0 Å². The number of hydrogen-bond acceptors (Lipinski definition) is 6. The van der Waals surface area contributed by atoms with E-state index >= 15 is 0 Å². The summed E-state index contributed by atoms with van der Waals surface area (Å²) in [5.74, 6) is -3.37. The Kier molecular flexibility index (Phi) is 7.42. The smallest absolute Gasteiger partial charge is 0.340 e. The predicted molar refractivity (Wildman–Crippen MR) is 106 cm³/mol. The van der Waals surface area contributed by atoms with Crippen molar-refractivity contribution in [2.24, 2.45) is 0 Å². The molecule has 2 aromatic rings. The van der Waals surface area contributed by atoms with Crippen molar-refractivity contribution in [2.45, 2.75) is 10.7 Å². The normalized spacial score (nSPS) is 14.0. The number of amides is 1. The zero-order valence-electron chi connectivity index (χ0n) is 15.5. The van der Waals surface area contributed by atoms with Gasteiger partial charge >= 0.3 is 5.97 Å². The average Bonchev–Trinajstić information content (AvgIpc) is 2.74. The van der Waals surface area contributed by atoms with Crippen LogP contribution in [-0.4, -0.2) is 55.4 Å². The molecular formula is C20H20F2N2O4S. The lowest BCUT2D eigenvalue weighted by Crippen LogP contribution is -2.42. The molecule has 1 amide bonds. The van der Waals surface area contributed by atoms with Gasteiger partial charge in [0.1, 0.15) is 0 Å². The van der Waals surface area contributed by atoms with Gasteiger partial charge in [0.05, 0.1) is 24.5 Å². The molecule has 0 radical (unpaired) electrons. The topological polar surface area (TPSA) is 67.9 Å². The maximum Gasteiger partial charge on any atom is 0.340 e. The van der Waals surface area contributed by atoms with Crippen LogP contribution in [0.5, 0.6) is 0 Å². The van der Waals surface area contributed by atoms with Gasteiger partial charge in [-0.15, -0.1) is 0 Å². The molecule has 0 atom stereocenters. The lowest BCUT2D eigenvalue weighted by molar-refractivity contribution is -0.138. The lowest BCUT2D eigenvalue weighted by atomic mass is 10.1. The number of carbonyl (C=O) groups is 2. The van der Waals surface area contributed by atoms with E-state index in [2.05, 4.69) is 5.32 Å². The molecule has 2 aromatic carbocycles. The number of benzene rings is 2. The number of carbonyl (C=O) groups excluding carboxylic acids is 2. The second-order valence-electron chi connectivity index (χ2n) is 6.14. The Morgan fingerprint density at radius 1 is 1.10 bits per heavy atom. The first-order chi connectivity index (χ1) is 14.0. The minimum atomic E-state index is -2.48. The minimum absolute atomic E-state index is 0.265. The highest BCUT2D eigenvalue weighted by Crippen LogP contribution is 2.28. The minimum Gasteiger partial charge on any atom is -0.452 e. The standard InChI is InChI=1S/C20H20F2N2O4S/c21-20(22)29-15-7-5-14(6-8-15)23-17-4-2-1-3-16(17)19(26)28-13-18(25)24-9-11-27-12-10-24/h1-8,20,23H,9-13H2. The van der Waals surface area contributed by atoms with Crippen LogP contribution in [0, 0.1) is 0 Å². The Labute approximate surface area is 171 Å². The van der Waals surface area contributed by atoms with Gasteiger partial charge in [-0.05, 0) is 36.4 Å². The van der Waals surface area contributed by atoms with Gasteiger partial charge in [0.25, 0.3) is 11.7 Å². The van der Waals surface area contributed by atoms with E-state index in [1.807, 2.05) is 0 Å². The van der Waals surface area contributed by atoms with Gasteiger partial charge < -0.3 is 19.7 Å². The highest BCUT2D eigenvalue weighted by Gasteiger charge is 2.20. The average molecular weight is 422 g/mol. The number of thioether (sulfide) groups is 1. The van der Waals surface area contributed by atoms with Crippen molar-refractivity contribution in [1.82, 2.24) is 4.90 Å². The molecule has 9 heteroatoms. The Bertz CT molecular complexity index is 843. The van der Waals surface area contributed by atoms with Crippen LogP contribution in [0.3, 0.4) is 0 Å². The summed E-state index contributed by atoms with van der Waals surface area (Å²) in [4.78, 5) is 26.7. The van der Waals surface area contributed by atoms with Crippen LogP contribution in [0.15, 0.2) is 53.4 Å². The summed E-state index contributed by atoms with van der Waals surface area (Å²) in [5.41, 5.74) is 1.40. The molecule has 0 saturated carbocycles. The zero-order valence-corrected chi connectivity index (χ0v) is 16.3. The molecule has 1 aliphatic heterocycles. The highest BCUT2D eigenvalue weighted by atomic mass is 32.2. The molecule has 1 heterocycles. The summed E-state index contributed by atoms with van der Waals surface area (Å²) in [7, 11) is 0. The van der Waals surface area contributed by atoms with E-state index in [4.69, 9.17) is 9.47 Å². The van der Waals surface area contributed by atoms with Crippen molar-refractivity contribution in [2.75, 3.05) is 38.2 Å². The maximum absolute atomic E-state index is 12.5. The van der Waals surface area contributed by atoms with Crippen LogP contribution in [0.2, 0.25) is 0 Å². The van der Waals surface area contributed by atoms with Gasteiger partial charge in [0.2, 0.25) is 0 Å². The van der Waals surface area contributed by atoms with Crippen LogP contribution >= 0.6 is 11.8 Å². The van der Waals surface area contributed by atoms with Gasteiger partial charge in [0, 0.05) is 23.7 Å². The van der Waals surface area contributed by atoms with Gasteiger partial charge in [-0.25, -0.2) is 4.79 Å². The number of nitrogens with zero attached hydrogens (tertiary/aromatic N) is 1. The summed E-state index contributed by atoms with van der Waals surface area (Å²) < 4.78 is 35.2. The van der Waals surface area contributed by atoms with E-state index in [-0.39, 0.29) is 18.1 Å². The number of alkyl halides is 2. The van der Waals surface area contributed by atoms with Crippen LogP contribution < -0.4 is 5.32 Å². The predicted octanol–water partition coefficient (Wildman–Crippen LogP) is 3.76. The van der Waals surface area contributed by atoms with Crippen LogP contribution in [0.4, 0.5) is 20.2 Å². The first-order valence-electron chi connectivity index (χ1n) is 8.96. The molecule has 29 heavy (non-hydrogen) atoms. The Hall–Kier alpha value is -2.65. The Balaban J connectivity index is 1.61. The van der Waals surface area contributed by atoms with Crippen molar-refractivity contribution in [3.8, 4) is 0 Å². The second kappa shape index (κ2) is 10.2. The first-order valence-corrected chi connectivity index (χ1v) is 9.84. The molecule has 0 bridgehead atoms. The molecule has 0 spiro atoms. The third-order valence-electron chi connectivity index (χ3n) is 4.20. The second-order valence-corrected chi connectivity index (χ2v) is 7.21. The molecule has 1 aliphatic rings. The molecule has 1 fully saturated rings. The number of nitrogens with one attached hydrogen (secondary N) is 1. The number of anilines is 2. The summed E-state index contributed by atoms with van der Waals surface area (Å²) in [5, 5.41) is 3.08. The number of halogens is 2. The van der Waals surface area contributed by atoms with E-state index in [0.29, 0.717) is 54.3 Å².